The molecule has 0 aliphatic carbocycles. The lowest BCUT2D eigenvalue weighted by atomic mass is 11.0. The van der Waals surface area contributed by atoms with Gasteiger partial charge in [-0.2, -0.15) is 0 Å². The first-order valence-electron chi connectivity index (χ1n) is 1.81. The molecule has 0 aromatic heterocycles. The molecule has 0 spiro atoms. The quantitative estimate of drug-likeness (QED) is 0.345. The van der Waals surface area contributed by atoms with Gasteiger partial charge in [0.1, 0.15) is 4.36 Å². The highest BCUT2D eigenvalue weighted by Crippen LogP contribution is 2.35. The number of nitrogens with zero attached hydrogens (tertiary/aromatic N) is 3. The fourth-order valence-corrected chi connectivity index (χ4v) is 1.28. The Morgan fingerprint density at radius 2 is 2.11 bits per heavy atom. The average molecular weight is 204 g/mol. The second-order valence-electron chi connectivity index (χ2n) is 1.07. The summed E-state index contributed by atoms with van der Waals surface area (Å²) >= 11 is 17.2. The van der Waals surface area contributed by atoms with Crippen molar-refractivity contribution in [1.82, 2.24) is 3.93 Å². The molecule has 50 valence electrons. The van der Waals surface area contributed by atoms with Crippen molar-refractivity contribution in [3.05, 3.63) is 9.52 Å². The molecule has 1 heterocycles. The van der Waals surface area contributed by atoms with Crippen LogP contribution in [0.5, 0.6) is 0 Å². The Morgan fingerprint density at radius 1 is 1.44 bits per heavy atom. The first-order valence-corrected chi connectivity index (χ1v) is 3.67. The predicted molar refractivity (Wildman–Crippen MR) is 38.9 cm³/mol. The summed E-state index contributed by atoms with van der Waals surface area (Å²) in [6.07, 6.45) is 0. The van der Waals surface area contributed by atoms with Crippen molar-refractivity contribution >= 4 is 46.9 Å². The van der Waals surface area contributed by atoms with E-state index in [4.69, 9.17) is 35.0 Å². The molecule has 0 amide bonds. The van der Waals surface area contributed by atoms with Crippen molar-refractivity contribution in [3.8, 4) is 0 Å². The zero-order valence-electron chi connectivity index (χ0n) is 3.88. The third-order valence-corrected chi connectivity index (χ3v) is 2.23. The van der Waals surface area contributed by atoms with Gasteiger partial charge in [-0.25, -0.2) is 0 Å². The SMILES string of the molecule is ClC1=C(Cl)SN(Cl)N=N1. The van der Waals surface area contributed by atoms with Crippen LogP contribution in [0.15, 0.2) is 19.9 Å². The monoisotopic (exact) mass is 203 g/mol. The molecule has 0 atom stereocenters. The van der Waals surface area contributed by atoms with Gasteiger partial charge in [-0.05, 0) is 5.22 Å². The second-order valence-corrected chi connectivity index (χ2v) is 3.49. The second kappa shape index (κ2) is 2.96. The maximum atomic E-state index is 5.49. The Kier molecular flexibility index (Phi) is 2.46. The number of halogens is 3. The molecule has 0 bridgehead atoms. The summed E-state index contributed by atoms with van der Waals surface area (Å²) in [6.45, 7) is 0. The maximum absolute atomic E-state index is 5.49. The van der Waals surface area contributed by atoms with E-state index in [1.54, 1.807) is 0 Å². The molecule has 0 N–H and O–H groups in total. The summed E-state index contributed by atoms with van der Waals surface area (Å²) in [7, 11) is 0. The van der Waals surface area contributed by atoms with E-state index < -0.39 is 0 Å². The van der Waals surface area contributed by atoms with E-state index in [0.717, 1.165) is 15.9 Å². The van der Waals surface area contributed by atoms with Crippen LogP contribution in [0.2, 0.25) is 0 Å². The fourth-order valence-electron chi connectivity index (χ4n) is 0.236. The molecule has 0 saturated carbocycles. The van der Waals surface area contributed by atoms with E-state index in [9.17, 15) is 0 Å². The van der Waals surface area contributed by atoms with Crippen LogP contribution in [-0.2, 0) is 0 Å². The van der Waals surface area contributed by atoms with Gasteiger partial charge in [-0.15, -0.1) is 9.05 Å². The lowest BCUT2D eigenvalue weighted by molar-refractivity contribution is 0.719. The highest BCUT2D eigenvalue weighted by atomic mass is 35.5. The van der Waals surface area contributed by atoms with Crippen molar-refractivity contribution < 1.29 is 0 Å². The van der Waals surface area contributed by atoms with Crippen LogP contribution in [0.4, 0.5) is 0 Å². The van der Waals surface area contributed by atoms with Crippen molar-refractivity contribution in [1.29, 1.82) is 0 Å². The molecular weight excluding hydrogens is 204 g/mol. The predicted octanol–water partition coefficient (Wildman–Crippen LogP) is 3.08. The molecule has 1 aliphatic rings. The van der Waals surface area contributed by atoms with Crippen LogP contribution in [0.25, 0.3) is 0 Å². The van der Waals surface area contributed by atoms with E-state index in [2.05, 4.69) is 10.3 Å². The van der Waals surface area contributed by atoms with Crippen molar-refractivity contribution in [2.45, 2.75) is 0 Å². The summed E-state index contributed by atoms with van der Waals surface area (Å²) in [4.78, 5) is 0. The van der Waals surface area contributed by atoms with Gasteiger partial charge in [0.05, 0.1) is 0 Å². The van der Waals surface area contributed by atoms with Crippen molar-refractivity contribution in [3.63, 3.8) is 0 Å². The Hall–Kier alpha value is 0.360. The van der Waals surface area contributed by atoms with Crippen LogP contribution >= 0.6 is 46.9 Å². The first kappa shape index (κ1) is 7.47. The van der Waals surface area contributed by atoms with Crippen molar-refractivity contribution in [2.75, 3.05) is 0 Å². The molecule has 0 saturated heterocycles. The standard InChI is InChI=1S/C2Cl3N3S/c3-1-2(4)9-8(5)7-6-1. The number of hydrogen-bond donors (Lipinski definition) is 0. The summed E-state index contributed by atoms with van der Waals surface area (Å²) in [5.41, 5.74) is 0. The molecule has 0 radical (unpaired) electrons. The van der Waals surface area contributed by atoms with E-state index >= 15 is 0 Å². The highest BCUT2D eigenvalue weighted by molar-refractivity contribution is 8.03. The van der Waals surface area contributed by atoms with E-state index in [1.165, 1.54) is 0 Å². The maximum Gasteiger partial charge on any atom is 0.180 e. The van der Waals surface area contributed by atoms with Gasteiger partial charge >= 0.3 is 0 Å². The minimum atomic E-state index is 0.165. The Labute approximate surface area is 70.9 Å². The Bertz CT molecular complexity index is 178. The molecule has 3 nitrogen and oxygen atoms in total. The Balaban J connectivity index is 2.75. The van der Waals surface area contributed by atoms with Gasteiger partial charge in [0, 0.05) is 23.7 Å². The lowest BCUT2D eigenvalue weighted by Gasteiger charge is -2.08. The van der Waals surface area contributed by atoms with Crippen LogP contribution in [0.1, 0.15) is 0 Å². The van der Waals surface area contributed by atoms with Crippen LogP contribution < -0.4 is 0 Å². The topological polar surface area (TPSA) is 28.0 Å². The summed E-state index contributed by atoms with van der Waals surface area (Å²) in [6, 6.07) is 0. The van der Waals surface area contributed by atoms with Gasteiger partial charge in [-0.3, -0.25) is 0 Å². The molecular formula is C2Cl3N3S. The lowest BCUT2D eigenvalue weighted by Crippen LogP contribution is -1.93. The van der Waals surface area contributed by atoms with Crippen LogP contribution in [-0.4, -0.2) is 3.93 Å². The van der Waals surface area contributed by atoms with Gasteiger partial charge in [0.15, 0.2) is 5.16 Å². The van der Waals surface area contributed by atoms with E-state index in [0.29, 0.717) is 4.36 Å². The van der Waals surface area contributed by atoms with Crippen LogP contribution in [0, 0.1) is 0 Å². The molecule has 7 heteroatoms. The van der Waals surface area contributed by atoms with E-state index in [1.807, 2.05) is 0 Å². The Morgan fingerprint density at radius 3 is 2.56 bits per heavy atom. The molecule has 1 aliphatic heterocycles. The summed E-state index contributed by atoms with van der Waals surface area (Å²) < 4.78 is 1.32. The zero-order valence-corrected chi connectivity index (χ0v) is 6.97. The van der Waals surface area contributed by atoms with Gasteiger partial charge in [-0.1, -0.05) is 23.2 Å². The smallest absolute Gasteiger partial charge is 0.120 e. The number of hydrogen-bond acceptors (Lipinski definition) is 4. The zero-order chi connectivity index (χ0) is 6.85. The molecule has 0 fully saturated rings. The summed E-state index contributed by atoms with van der Waals surface area (Å²) in [5, 5.41) is 6.94. The fraction of sp³-hybridized carbons (Fsp3) is 0. The third-order valence-electron chi connectivity index (χ3n) is 0.521. The van der Waals surface area contributed by atoms with Crippen molar-refractivity contribution in [2.24, 2.45) is 10.3 Å². The number of rotatable bonds is 0. The molecule has 0 aromatic carbocycles. The minimum absolute atomic E-state index is 0.165. The average Bonchev–Trinajstić information content (AvgIpc) is 1.80. The molecule has 0 unspecified atom stereocenters. The largest absolute Gasteiger partial charge is 0.180 e. The molecule has 0 aromatic rings. The minimum Gasteiger partial charge on any atom is -0.120 e. The van der Waals surface area contributed by atoms with Gasteiger partial charge in [0.25, 0.3) is 0 Å². The highest BCUT2D eigenvalue weighted by Gasteiger charge is 2.11. The summed E-state index contributed by atoms with van der Waals surface area (Å²) in [5.74, 6) is 0. The first-order chi connectivity index (χ1) is 4.20. The third kappa shape index (κ3) is 1.89. The molecule has 9 heavy (non-hydrogen) atoms. The normalized spacial score (nSPS) is 19.2. The van der Waals surface area contributed by atoms with Gasteiger partial charge in [0.2, 0.25) is 0 Å². The van der Waals surface area contributed by atoms with Crippen LogP contribution in [0.3, 0.4) is 0 Å². The van der Waals surface area contributed by atoms with Gasteiger partial charge < -0.3 is 0 Å². The van der Waals surface area contributed by atoms with E-state index in [-0.39, 0.29) is 5.16 Å². The molecule has 1 rings (SSSR count).